The number of carbonyl (C=O) groups excluding carboxylic acids is 3. The van der Waals surface area contributed by atoms with Crippen LogP contribution in [0.4, 0.5) is 0 Å². The molecular formula is C20H24N4O6. The van der Waals surface area contributed by atoms with Crippen LogP contribution in [0.1, 0.15) is 35.2 Å². The summed E-state index contributed by atoms with van der Waals surface area (Å²) in [5.74, 6) is -3.77. The molecular weight excluding hydrogens is 392 g/mol. The molecule has 2 amide bonds. The predicted molar refractivity (Wildman–Crippen MR) is 105 cm³/mol. The zero-order valence-electron chi connectivity index (χ0n) is 16.3. The number of carboxylic acid groups (broad SMARTS) is 1. The third kappa shape index (κ3) is 4.33. The number of amides is 2. The fourth-order valence-corrected chi connectivity index (χ4v) is 3.98. The largest absolute Gasteiger partial charge is 0.475 e. The smallest absolute Gasteiger partial charge is 0.372 e. The number of ketones is 1. The number of β-amino-alcohol motifs (C(OH)–C–C–N with tert-alkyl or cyclic N) is 1. The summed E-state index contributed by atoms with van der Waals surface area (Å²) in [5.41, 5.74) is 6.21. The molecule has 0 spiro atoms. The van der Waals surface area contributed by atoms with Gasteiger partial charge >= 0.3 is 5.97 Å². The van der Waals surface area contributed by atoms with Crippen molar-refractivity contribution in [1.29, 1.82) is 5.41 Å². The number of rotatable bonds is 5. The van der Waals surface area contributed by atoms with Gasteiger partial charge in [0.05, 0.1) is 6.10 Å². The van der Waals surface area contributed by atoms with Crippen molar-refractivity contribution >= 4 is 29.4 Å². The van der Waals surface area contributed by atoms with Crippen LogP contribution in [0.5, 0.6) is 0 Å². The van der Waals surface area contributed by atoms with Crippen molar-refractivity contribution in [1.82, 2.24) is 9.80 Å². The highest BCUT2D eigenvalue weighted by atomic mass is 16.4. The first-order chi connectivity index (χ1) is 14.2. The molecule has 2 fully saturated rings. The maximum atomic E-state index is 13.0. The Balaban J connectivity index is 1.69. The summed E-state index contributed by atoms with van der Waals surface area (Å²) in [6, 6.07) is 5.31. The molecule has 2 heterocycles. The van der Waals surface area contributed by atoms with E-state index < -0.39 is 35.7 Å². The number of nitrogens with zero attached hydrogens (tertiary/aromatic N) is 2. The highest BCUT2D eigenvalue weighted by Crippen LogP contribution is 2.25. The number of amidine groups is 1. The van der Waals surface area contributed by atoms with Crippen molar-refractivity contribution in [2.75, 3.05) is 19.6 Å². The van der Waals surface area contributed by atoms with E-state index in [9.17, 15) is 24.3 Å². The van der Waals surface area contributed by atoms with Crippen LogP contribution in [-0.2, 0) is 14.4 Å². The van der Waals surface area contributed by atoms with E-state index >= 15 is 0 Å². The van der Waals surface area contributed by atoms with Gasteiger partial charge in [0.2, 0.25) is 11.7 Å². The summed E-state index contributed by atoms with van der Waals surface area (Å²) in [4.78, 5) is 51.3. The Bertz CT molecular complexity index is 876. The molecule has 1 unspecified atom stereocenters. The number of Topliss-reactive ketones (excluding diaryl/α,β-unsaturated/α-hetero) is 1. The van der Waals surface area contributed by atoms with E-state index in [4.69, 9.17) is 16.2 Å². The summed E-state index contributed by atoms with van der Waals surface area (Å²) in [5, 5.41) is 26.3. The van der Waals surface area contributed by atoms with E-state index in [1.54, 1.807) is 12.1 Å². The average molecular weight is 416 g/mol. The van der Waals surface area contributed by atoms with E-state index in [2.05, 4.69) is 0 Å². The van der Waals surface area contributed by atoms with Gasteiger partial charge in [0, 0.05) is 43.1 Å². The van der Waals surface area contributed by atoms with Gasteiger partial charge in [-0.05, 0) is 25.0 Å². The average Bonchev–Trinajstić information content (AvgIpc) is 3.13. The van der Waals surface area contributed by atoms with Gasteiger partial charge in [0.15, 0.2) is 0 Å². The Morgan fingerprint density at radius 2 is 1.60 bits per heavy atom. The molecule has 10 nitrogen and oxygen atoms in total. The number of hydrogen-bond donors (Lipinski definition) is 4. The number of likely N-dealkylation sites (tertiary alicyclic amines) is 2. The molecule has 30 heavy (non-hydrogen) atoms. The zero-order chi connectivity index (χ0) is 22.0. The monoisotopic (exact) mass is 416 g/mol. The van der Waals surface area contributed by atoms with Crippen LogP contribution in [0.25, 0.3) is 0 Å². The predicted octanol–water partition coefficient (Wildman–Crippen LogP) is -0.562. The Labute approximate surface area is 172 Å². The van der Waals surface area contributed by atoms with Crippen LogP contribution in [0, 0.1) is 11.3 Å². The molecule has 0 saturated carbocycles. The molecule has 1 aromatic rings. The number of hydrogen-bond acceptors (Lipinski definition) is 6. The number of carbonyl (C=O) groups is 4. The quantitative estimate of drug-likeness (QED) is 0.284. The van der Waals surface area contributed by atoms with Crippen molar-refractivity contribution in [2.45, 2.75) is 31.4 Å². The summed E-state index contributed by atoms with van der Waals surface area (Å²) in [7, 11) is 0. The van der Waals surface area contributed by atoms with Crippen molar-refractivity contribution in [3.63, 3.8) is 0 Å². The summed E-state index contributed by atoms with van der Waals surface area (Å²) in [6.45, 7) is 0.479. The Morgan fingerprint density at radius 3 is 2.13 bits per heavy atom. The van der Waals surface area contributed by atoms with Crippen LogP contribution >= 0.6 is 0 Å². The lowest BCUT2D eigenvalue weighted by molar-refractivity contribution is -0.152. The maximum Gasteiger partial charge on any atom is 0.372 e. The van der Waals surface area contributed by atoms with Gasteiger partial charge in [-0.15, -0.1) is 0 Å². The number of aliphatic carboxylic acids is 1. The van der Waals surface area contributed by atoms with Crippen LogP contribution < -0.4 is 5.73 Å². The zero-order valence-corrected chi connectivity index (χ0v) is 16.3. The number of carboxylic acids is 1. The summed E-state index contributed by atoms with van der Waals surface area (Å²) >= 11 is 0. The van der Waals surface area contributed by atoms with E-state index in [0.29, 0.717) is 11.1 Å². The molecule has 5 N–H and O–H groups in total. The van der Waals surface area contributed by atoms with Gasteiger partial charge in [0.25, 0.3) is 5.91 Å². The normalized spacial score (nSPS) is 22.0. The fourth-order valence-electron chi connectivity index (χ4n) is 3.98. The first-order valence-corrected chi connectivity index (χ1v) is 9.68. The standard InChI is InChI=1S/C20H24N4O6/c21-17(22)12-1-3-13(4-2-12)18(27)24-10-14(25)9-15(24)19(28)23-7-5-11(6-8-23)16(26)20(29)30/h1-4,11,14-15,25H,5-10H2,(H3,21,22)(H,29,30)/t14?,15-/m0/s1. The second kappa shape index (κ2) is 8.62. The minimum absolute atomic E-state index is 0.0255. The third-order valence-corrected chi connectivity index (χ3v) is 5.66. The molecule has 0 aliphatic carbocycles. The molecule has 3 rings (SSSR count). The second-order valence-corrected chi connectivity index (χ2v) is 7.62. The second-order valence-electron chi connectivity index (χ2n) is 7.62. The van der Waals surface area contributed by atoms with Crippen molar-refractivity contribution < 1.29 is 29.4 Å². The van der Waals surface area contributed by atoms with Crippen LogP contribution in [0.15, 0.2) is 24.3 Å². The van der Waals surface area contributed by atoms with Gasteiger partial charge < -0.3 is 25.7 Å². The van der Waals surface area contributed by atoms with Crippen LogP contribution in [0.3, 0.4) is 0 Å². The molecule has 2 aliphatic rings. The number of nitrogens with one attached hydrogen (secondary N) is 1. The topological polar surface area (TPSA) is 165 Å². The molecule has 0 aromatic heterocycles. The minimum Gasteiger partial charge on any atom is -0.475 e. The number of aliphatic hydroxyl groups excluding tert-OH is 1. The van der Waals surface area contributed by atoms with Gasteiger partial charge in [-0.3, -0.25) is 19.8 Å². The van der Waals surface area contributed by atoms with E-state index in [-0.39, 0.29) is 50.6 Å². The molecule has 2 saturated heterocycles. The van der Waals surface area contributed by atoms with Crippen LogP contribution in [0.2, 0.25) is 0 Å². The number of aliphatic hydroxyl groups is 1. The van der Waals surface area contributed by atoms with Crippen molar-refractivity contribution in [3.8, 4) is 0 Å². The van der Waals surface area contributed by atoms with E-state index in [1.165, 1.54) is 21.9 Å². The highest BCUT2D eigenvalue weighted by molar-refractivity contribution is 6.33. The summed E-state index contributed by atoms with van der Waals surface area (Å²) < 4.78 is 0. The number of nitrogens with two attached hydrogens (primary N) is 1. The lowest BCUT2D eigenvalue weighted by atomic mass is 9.92. The van der Waals surface area contributed by atoms with Crippen molar-refractivity contribution in [3.05, 3.63) is 35.4 Å². The molecule has 2 aliphatic heterocycles. The van der Waals surface area contributed by atoms with Crippen LogP contribution in [-0.4, -0.2) is 81.2 Å². The lowest BCUT2D eigenvalue weighted by Gasteiger charge is -2.34. The van der Waals surface area contributed by atoms with Gasteiger partial charge in [0.1, 0.15) is 11.9 Å². The van der Waals surface area contributed by atoms with Gasteiger partial charge in [-0.2, -0.15) is 0 Å². The molecule has 10 heteroatoms. The third-order valence-electron chi connectivity index (χ3n) is 5.66. The molecule has 0 radical (unpaired) electrons. The number of nitrogen functional groups attached to an aromatic ring is 1. The minimum atomic E-state index is -1.47. The molecule has 160 valence electrons. The van der Waals surface area contributed by atoms with E-state index in [0.717, 1.165) is 0 Å². The molecule has 2 atom stereocenters. The first kappa shape index (κ1) is 21.4. The Morgan fingerprint density at radius 1 is 1.03 bits per heavy atom. The Hall–Kier alpha value is -3.27. The molecule has 0 bridgehead atoms. The fraction of sp³-hybridized carbons (Fsp3) is 0.450. The van der Waals surface area contributed by atoms with Crippen molar-refractivity contribution in [2.24, 2.45) is 11.7 Å². The number of benzene rings is 1. The maximum absolute atomic E-state index is 13.0. The SMILES string of the molecule is N=C(N)c1ccc(C(=O)N2CC(O)C[C@H]2C(=O)N2CCC(C(=O)C(=O)O)CC2)cc1. The number of piperidine rings is 1. The van der Waals surface area contributed by atoms with E-state index in [1.807, 2.05) is 0 Å². The van der Waals surface area contributed by atoms with Gasteiger partial charge in [-0.25, -0.2) is 4.79 Å². The van der Waals surface area contributed by atoms with Gasteiger partial charge in [-0.1, -0.05) is 12.1 Å². The molecule has 1 aromatic carbocycles. The summed E-state index contributed by atoms with van der Waals surface area (Å²) in [6.07, 6.45) is -0.200. The lowest BCUT2D eigenvalue weighted by Crippen LogP contribution is -2.50. The first-order valence-electron chi connectivity index (χ1n) is 9.68. The Kier molecular flexibility index (Phi) is 6.16. The highest BCUT2D eigenvalue weighted by Gasteiger charge is 2.42.